The van der Waals surface area contributed by atoms with Crippen molar-refractivity contribution in [1.82, 2.24) is 5.32 Å². The van der Waals surface area contributed by atoms with Gasteiger partial charge < -0.3 is 11.1 Å². The van der Waals surface area contributed by atoms with E-state index in [9.17, 15) is 9.18 Å². The predicted octanol–water partition coefficient (Wildman–Crippen LogP) is 3.51. The number of carbonyl (C=O) groups is 1. The van der Waals surface area contributed by atoms with E-state index in [-0.39, 0.29) is 29.5 Å². The summed E-state index contributed by atoms with van der Waals surface area (Å²) >= 11 is 0. The zero-order chi connectivity index (χ0) is 16.0. The molecule has 1 aliphatic carbocycles. The summed E-state index contributed by atoms with van der Waals surface area (Å²) in [5.41, 5.74) is 7.94. The summed E-state index contributed by atoms with van der Waals surface area (Å²) in [6.45, 7) is 3.08. The van der Waals surface area contributed by atoms with Gasteiger partial charge in [0, 0.05) is 13.0 Å². The van der Waals surface area contributed by atoms with E-state index in [1.807, 2.05) is 6.92 Å². The highest BCUT2D eigenvalue weighted by Crippen LogP contribution is 2.38. The van der Waals surface area contributed by atoms with Crippen LogP contribution in [0.2, 0.25) is 0 Å². The van der Waals surface area contributed by atoms with Gasteiger partial charge >= 0.3 is 0 Å². The van der Waals surface area contributed by atoms with Gasteiger partial charge in [0.15, 0.2) is 0 Å². The molecule has 2 rings (SSSR count). The van der Waals surface area contributed by atoms with Crippen molar-refractivity contribution < 1.29 is 9.18 Å². The molecule has 0 aromatic heterocycles. The quantitative estimate of drug-likeness (QED) is 0.831. The molecule has 0 heterocycles. The number of hydrogen-bond acceptors (Lipinski definition) is 2. The van der Waals surface area contributed by atoms with E-state index < -0.39 is 0 Å². The average Bonchev–Trinajstić information content (AvgIpc) is 2.50. The largest absolute Gasteiger partial charge is 0.356 e. The van der Waals surface area contributed by atoms with Crippen molar-refractivity contribution in [3.8, 4) is 0 Å². The van der Waals surface area contributed by atoms with Crippen molar-refractivity contribution in [3.05, 3.63) is 35.1 Å². The summed E-state index contributed by atoms with van der Waals surface area (Å²) < 4.78 is 13.1. The molecule has 23 heavy (non-hydrogen) atoms. The van der Waals surface area contributed by atoms with Crippen LogP contribution in [0.15, 0.2) is 18.2 Å². The smallest absolute Gasteiger partial charge is 0.220 e. The van der Waals surface area contributed by atoms with E-state index in [0.717, 1.165) is 30.4 Å². The first kappa shape index (κ1) is 19.9. The van der Waals surface area contributed by atoms with Crippen molar-refractivity contribution in [3.63, 3.8) is 0 Å². The molecule has 0 radical (unpaired) electrons. The third-order valence-electron chi connectivity index (χ3n) is 4.90. The molecule has 3 N–H and O–H groups in total. The summed E-state index contributed by atoms with van der Waals surface area (Å²) in [5, 5.41) is 2.99. The zero-order valence-electron chi connectivity index (χ0n) is 13.9. The Bertz CT molecular complexity index is 516. The number of nitrogens with two attached hydrogens (primary N) is 1. The Hall–Kier alpha value is -1.13. The Labute approximate surface area is 144 Å². The molecule has 1 fully saturated rings. The van der Waals surface area contributed by atoms with Crippen molar-refractivity contribution in [2.45, 2.75) is 51.9 Å². The lowest BCUT2D eigenvalue weighted by Gasteiger charge is -2.35. The second-order valence-corrected chi connectivity index (χ2v) is 6.61. The van der Waals surface area contributed by atoms with E-state index in [1.165, 1.54) is 31.4 Å². The van der Waals surface area contributed by atoms with Gasteiger partial charge in [0.1, 0.15) is 5.82 Å². The molecule has 1 aromatic carbocycles. The van der Waals surface area contributed by atoms with Crippen LogP contribution < -0.4 is 11.1 Å². The van der Waals surface area contributed by atoms with Gasteiger partial charge in [0.2, 0.25) is 5.91 Å². The average molecular weight is 343 g/mol. The molecule has 0 aliphatic heterocycles. The van der Waals surface area contributed by atoms with Crippen LogP contribution in [0, 0.1) is 18.2 Å². The Balaban J connectivity index is 0.00000264. The van der Waals surface area contributed by atoms with Crippen LogP contribution in [0.5, 0.6) is 0 Å². The Morgan fingerprint density at radius 1 is 1.30 bits per heavy atom. The number of benzene rings is 1. The molecule has 3 nitrogen and oxygen atoms in total. The number of aryl methyl sites for hydroxylation is 1. The van der Waals surface area contributed by atoms with E-state index in [4.69, 9.17) is 5.73 Å². The summed E-state index contributed by atoms with van der Waals surface area (Å²) in [6, 6.07) is 4.79. The minimum Gasteiger partial charge on any atom is -0.356 e. The summed E-state index contributed by atoms with van der Waals surface area (Å²) in [4.78, 5) is 12.2. The maximum absolute atomic E-state index is 13.1. The molecule has 1 amide bonds. The second kappa shape index (κ2) is 9.24. The first-order chi connectivity index (χ1) is 10.5. The Kier molecular flexibility index (Phi) is 8.00. The first-order valence-electron chi connectivity index (χ1n) is 8.26. The first-order valence-corrected chi connectivity index (χ1v) is 8.26. The van der Waals surface area contributed by atoms with Crippen molar-refractivity contribution in [2.75, 3.05) is 13.1 Å². The van der Waals surface area contributed by atoms with Gasteiger partial charge in [-0.15, -0.1) is 12.4 Å². The van der Waals surface area contributed by atoms with Crippen LogP contribution in [0.4, 0.5) is 4.39 Å². The van der Waals surface area contributed by atoms with Crippen LogP contribution >= 0.6 is 12.4 Å². The summed E-state index contributed by atoms with van der Waals surface area (Å²) in [6.07, 6.45) is 7.01. The molecule has 0 saturated heterocycles. The van der Waals surface area contributed by atoms with Crippen LogP contribution in [-0.2, 0) is 11.2 Å². The maximum atomic E-state index is 13.1. The standard InChI is InChI=1S/C18H27FN2O.ClH/c1-14-11-16(19)6-5-15(14)7-10-21-17(22)12-18(13-20)8-3-2-4-9-18;/h5-6,11H,2-4,7-10,12-13,20H2,1H3,(H,21,22);1H. The number of halogens is 2. The summed E-state index contributed by atoms with van der Waals surface area (Å²) in [5.74, 6) is -0.125. The second-order valence-electron chi connectivity index (χ2n) is 6.61. The third kappa shape index (κ3) is 5.78. The number of nitrogens with one attached hydrogen (secondary N) is 1. The molecule has 130 valence electrons. The van der Waals surface area contributed by atoms with E-state index >= 15 is 0 Å². The highest BCUT2D eigenvalue weighted by molar-refractivity contribution is 5.85. The van der Waals surface area contributed by atoms with Crippen LogP contribution in [-0.4, -0.2) is 19.0 Å². The Morgan fingerprint density at radius 2 is 2.00 bits per heavy atom. The molecular formula is C18H28ClFN2O. The molecule has 0 atom stereocenters. The molecule has 1 saturated carbocycles. The topological polar surface area (TPSA) is 55.1 Å². The van der Waals surface area contributed by atoms with Gasteiger partial charge in [-0.1, -0.05) is 25.3 Å². The highest BCUT2D eigenvalue weighted by atomic mass is 35.5. The fraction of sp³-hybridized carbons (Fsp3) is 0.611. The van der Waals surface area contributed by atoms with Crippen molar-refractivity contribution >= 4 is 18.3 Å². The minimum atomic E-state index is -0.215. The van der Waals surface area contributed by atoms with E-state index in [2.05, 4.69) is 5.32 Å². The molecule has 1 aromatic rings. The van der Waals surface area contributed by atoms with Gasteiger partial charge in [0.25, 0.3) is 0 Å². The van der Waals surface area contributed by atoms with Gasteiger partial charge in [0.05, 0.1) is 0 Å². The number of rotatable bonds is 6. The number of amides is 1. The summed E-state index contributed by atoms with van der Waals surface area (Å²) in [7, 11) is 0. The van der Waals surface area contributed by atoms with Crippen LogP contribution in [0.1, 0.15) is 49.7 Å². The lowest BCUT2D eigenvalue weighted by Crippen LogP contribution is -2.39. The Morgan fingerprint density at radius 3 is 2.61 bits per heavy atom. The van der Waals surface area contributed by atoms with E-state index in [1.54, 1.807) is 6.07 Å². The lowest BCUT2D eigenvalue weighted by molar-refractivity contribution is -0.123. The van der Waals surface area contributed by atoms with Gasteiger partial charge in [-0.25, -0.2) is 4.39 Å². The molecule has 0 unspecified atom stereocenters. The molecule has 1 aliphatic rings. The maximum Gasteiger partial charge on any atom is 0.220 e. The van der Waals surface area contributed by atoms with Gasteiger partial charge in [-0.05, 0) is 61.4 Å². The van der Waals surface area contributed by atoms with Crippen molar-refractivity contribution in [2.24, 2.45) is 11.1 Å². The van der Waals surface area contributed by atoms with Crippen LogP contribution in [0.3, 0.4) is 0 Å². The predicted molar refractivity (Wildman–Crippen MR) is 94.3 cm³/mol. The zero-order valence-corrected chi connectivity index (χ0v) is 14.7. The lowest BCUT2D eigenvalue weighted by atomic mass is 9.71. The van der Waals surface area contributed by atoms with Gasteiger partial charge in [-0.3, -0.25) is 4.79 Å². The fourth-order valence-electron chi connectivity index (χ4n) is 3.43. The van der Waals surface area contributed by atoms with Crippen LogP contribution in [0.25, 0.3) is 0 Å². The highest BCUT2D eigenvalue weighted by Gasteiger charge is 2.32. The van der Waals surface area contributed by atoms with E-state index in [0.29, 0.717) is 19.5 Å². The minimum absolute atomic E-state index is 0. The molecule has 0 spiro atoms. The number of carbonyl (C=O) groups excluding carboxylic acids is 1. The molecular weight excluding hydrogens is 315 g/mol. The monoisotopic (exact) mass is 342 g/mol. The normalized spacial score (nSPS) is 16.5. The van der Waals surface area contributed by atoms with Gasteiger partial charge in [-0.2, -0.15) is 0 Å². The SMILES string of the molecule is Cc1cc(F)ccc1CCNC(=O)CC1(CN)CCCCC1.Cl. The fourth-order valence-corrected chi connectivity index (χ4v) is 3.43. The third-order valence-corrected chi connectivity index (χ3v) is 4.90. The number of hydrogen-bond donors (Lipinski definition) is 2. The molecule has 0 bridgehead atoms. The molecule has 5 heteroatoms. The van der Waals surface area contributed by atoms with Crippen molar-refractivity contribution in [1.29, 1.82) is 0 Å².